The monoisotopic (exact) mass is 352 g/mol. The Balaban J connectivity index is 2.10. The summed E-state index contributed by atoms with van der Waals surface area (Å²) in [5, 5.41) is 0. The molecule has 3 rings (SSSR count). The summed E-state index contributed by atoms with van der Waals surface area (Å²) >= 11 is 0. The molecule has 1 aliphatic rings. The van der Waals surface area contributed by atoms with Crippen LogP contribution >= 0.6 is 0 Å². The van der Waals surface area contributed by atoms with Gasteiger partial charge in [0.05, 0.1) is 0 Å². The van der Waals surface area contributed by atoms with Crippen molar-refractivity contribution < 1.29 is 0 Å². The molecule has 1 saturated carbocycles. The number of hydrogen-bond acceptors (Lipinski definition) is 0. The van der Waals surface area contributed by atoms with Gasteiger partial charge in [-0.05, 0) is 34.0 Å². The van der Waals surface area contributed by atoms with E-state index in [1.54, 1.807) is 11.1 Å². The minimum absolute atomic E-state index is 0.759. The maximum absolute atomic E-state index is 2.57. The van der Waals surface area contributed by atoms with Gasteiger partial charge in [-0.3, -0.25) is 0 Å². The van der Waals surface area contributed by atoms with E-state index in [0.717, 1.165) is 22.9 Å². The first-order chi connectivity index (χ1) is 11.2. The predicted molar refractivity (Wildman–Crippen MR) is 113 cm³/mol. The Labute approximate surface area is 150 Å². The molecule has 1 aliphatic carbocycles. The van der Waals surface area contributed by atoms with E-state index in [1.165, 1.54) is 0 Å². The van der Waals surface area contributed by atoms with Gasteiger partial charge in [0.25, 0.3) is 0 Å². The zero-order chi connectivity index (χ0) is 17.5. The van der Waals surface area contributed by atoms with Gasteiger partial charge in [0.2, 0.25) is 0 Å². The first-order valence-corrected chi connectivity index (χ1v) is 16.5. The molecule has 0 aliphatic heterocycles. The van der Waals surface area contributed by atoms with Crippen LogP contribution in [0.2, 0.25) is 50.4 Å². The standard InChI is InChI=1S/C22H32Si2/c1-23(2,3)21-19(17-13-9-7-10-14-17)22(24(4,5)6)20(21)18-15-11-8-12-16-18/h7-16,19-22H,1-6H3. The fourth-order valence-corrected chi connectivity index (χ4v) is 11.4. The molecule has 0 unspecified atom stereocenters. The highest BCUT2D eigenvalue weighted by Gasteiger charge is 2.59. The van der Waals surface area contributed by atoms with Crippen molar-refractivity contribution in [3.63, 3.8) is 0 Å². The molecule has 2 aromatic carbocycles. The van der Waals surface area contributed by atoms with Crippen molar-refractivity contribution in [1.29, 1.82) is 0 Å². The SMILES string of the molecule is C[Si](C)(C)C1C(c2ccccc2)C([Si](C)(C)C)C1c1ccccc1. The van der Waals surface area contributed by atoms with Gasteiger partial charge in [0, 0.05) is 16.1 Å². The molecule has 1 fully saturated rings. The Morgan fingerprint density at radius 2 is 0.792 bits per heavy atom. The Kier molecular flexibility index (Phi) is 4.65. The fourth-order valence-electron chi connectivity index (χ4n) is 5.08. The van der Waals surface area contributed by atoms with Crippen LogP contribution in [0.15, 0.2) is 60.7 Å². The molecule has 0 bridgehead atoms. The molecule has 0 aromatic heterocycles. The van der Waals surface area contributed by atoms with E-state index in [0.29, 0.717) is 0 Å². The van der Waals surface area contributed by atoms with Gasteiger partial charge in [0.15, 0.2) is 0 Å². The molecule has 0 nitrogen and oxygen atoms in total. The Morgan fingerprint density at radius 3 is 1.04 bits per heavy atom. The van der Waals surface area contributed by atoms with Crippen molar-refractivity contribution in [2.24, 2.45) is 0 Å². The van der Waals surface area contributed by atoms with E-state index in [-0.39, 0.29) is 0 Å². The van der Waals surface area contributed by atoms with Crippen molar-refractivity contribution in [3.8, 4) is 0 Å². The third-order valence-corrected chi connectivity index (χ3v) is 11.4. The topological polar surface area (TPSA) is 0 Å². The van der Waals surface area contributed by atoms with Crippen molar-refractivity contribution in [1.82, 2.24) is 0 Å². The van der Waals surface area contributed by atoms with Gasteiger partial charge in [-0.25, -0.2) is 0 Å². The van der Waals surface area contributed by atoms with Crippen LogP contribution < -0.4 is 0 Å². The van der Waals surface area contributed by atoms with E-state index < -0.39 is 16.1 Å². The lowest BCUT2D eigenvalue weighted by Crippen LogP contribution is -2.54. The number of benzene rings is 2. The summed E-state index contributed by atoms with van der Waals surface area (Å²) in [5.74, 6) is 1.52. The molecule has 128 valence electrons. The summed E-state index contributed by atoms with van der Waals surface area (Å²) in [6.07, 6.45) is 0. The van der Waals surface area contributed by atoms with Crippen molar-refractivity contribution >= 4 is 16.1 Å². The zero-order valence-corrected chi connectivity index (χ0v) is 18.1. The van der Waals surface area contributed by atoms with Gasteiger partial charge in [-0.2, -0.15) is 0 Å². The Hall–Kier alpha value is -1.13. The average Bonchev–Trinajstić information content (AvgIpc) is 2.45. The molecule has 2 heteroatoms. The molecular formula is C22H32Si2. The van der Waals surface area contributed by atoms with E-state index in [9.17, 15) is 0 Å². The van der Waals surface area contributed by atoms with Gasteiger partial charge < -0.3 is 0 Å². The Bertz CT molecular complexity index is 595. The quantitative estimate of drug-likeness (QED) is 0.520. The van der Waals surface area contributed by atoms with Crippen LogP contribution in [0.5, 0.6) is 0 Å². The van der Waals surface area contributed by atoms with Crippen LogP contribution in [0.3, 0.4) is 0 Å². The fraction of sp³-hybridized carbons (Fsp3) is 0.455. The molecule has 24 heavy (non-hydrogen) atoms. The molecule has 0 radical (unpaired) electrons. The average molecular weight is 353 g/mol. The summed E-state index contributed by atoms with van der Waals surface area (Å²) in [6, 6.07) is 22.8. The lowest BCUT2D eigenvalue weighted by atomic mass is 9.67. The van der Waals surface area contributed by atoms with Crippen molar-refractivity contribution in [3.05, 3.63) is 71.8 Å². The van der Waals surface area contributed by atoms with Crippen molar-refractivity contribution in [2.45, 2.75) is 62.2 Å². The zero-order valence-electron chi connectivity index (χ0n) is 16.1. The summed E-state index contributed by atoms with van der Waals surface area (Å²) < 4.78 is 0. The van der Waals surface area contributed by atoms with Crippen LogP contribution in [0.25, 0.3) is 0 Å². The summed E-state index contributed by atoms with van der Waals surface area (Å²) in [4.78, 5) is 0. The van der Waals surface area contributed by atoms with E-state index in [2.05, 4.69) is 99.9 Å². The number of rotatable bonds is 4. The highest BCUT2D eigenvalue weighted by atomic mass is 28.3. The van der Waals surface area contributed by atoms with Gasteiger partial charge in [-0.1, -0.05) is 99.9 Å². The molecule has 0 atom stereocenters. The highest BCUT2D eigenvalue weighted by molar-refractivity contribution is 6.81. The van der Waals surface area contributed by atoms with Crippen LogP contribution in [-0.2, 0) is 0 Å². The third-order valence-electron chi connectivity index (χ3n) is 5.92. The molecule has 0 N–H and O–H groups in total. The first-order valence-electron chi connectivity index (χ1n) is 9.31. The maximum atomic E-state index is 2.57. The van der Waals surface area contributed by atoms with Crippen LogP contribution in [0.4, 0.5) is 0 Å². The molecule has 2 aromatic rings. The van der Waals surface area contributed by atoms with Crippen LogP contribution in [-0.4, -0.2) is 16.1 Å². The largest absolute Gasteiger partial charge is 0.0693 e. The molecule has 0 heterocycles. The minimum Gasteiger partial charge on any atom is -0.0693 e. The number of hydrogen-bond donors (Lipinski definition) is 0. The second-order valence-electron chi connectivity index (χ2n) is 9.66. The van der Waals surface area contributed by atoms with Crippen molar-refractivity contribution in [2.75, 3.05) is 0 Å². The highest BCUT2D eigenvalue weighted by Crippen LogP contribution is 2.70. The lowest BCUT2D eigenvalue weighted by molar-refractivity contribution is 0.330. The Morgan fingerprint density at radius 1 is 0.500 bits per heavy atom. The first kappa shape index (κ1) is 17.7. The second kappa shape index (κ2) is 6.31. The molecule has 0 amide bonds. The molecule has 0 spiro atoms. The normalized spacial score (nSPS) is 27.6. The lowest BCUT2D eigenvalue weighted by Gasteiger charge is -2.61. The molecule has 0 saturated heterocycles. The second-order valence-corrected chi connectivity index (χ2v) is 20.5. The smallest absolute Gasteiger partial charge is 0.0486 e. The maximum Gasteiger partial charge on any atom is 0.0486 e. The summed E-state index contributed by atoms with van der Waals surface area (Å²) in [5.41, 5.74) is 4.87. The van der Waals surface area contributed by atoms with E-state index in [4.69, 9.17) is 0 Å². The summed E-state index contributed by atoms with van der Waals surface area (Å²) in [6.45, 7) is 15.4. The van der Waals surface area contributed by atoms with E-state index in [1.807, 2.05) is 0 Å². The van der Waals surface area contributed by atoms with Gasteiger partial charge >= 0.3 is 0 Å². The minimum atomic E-state index is -1.26. The predicted octanol–water partition coefficient (Wildman–Crippen LogP) is 6.98. The van der Waals surface area contributed by atoms with Crippen LogP contribution in [0, 0.1) is 0 Å². The third kappa shape index (κ3) is 3.19. The summed E-state index contributed by atoms with van der Waals surface area (Å²) in [7, 11) is -2.53. The van der Waals surface area contributed by atoms with Gasteiger partial charge in [-0.15, -0.1) is 0 Å². The van der Waals surface area contributed by atoms with Gasteiger partial charge in [0.1, 0.15) is 0 Å². The molecular weight excluding hydrogens is 320 g/mol. The van der Waals surface area contributed by atoms with Crippen LogP contribution in [0.1, 0.15) is 23.0 Å². The van der Waals surface area contributed by atoms with E-state index >= 15 is 0 Å².